The standard InChI is InChI=1S/C16H12Br2F2O2/c17-12-6-4-10(8-14(12)19)2-1-3-16(21)22-11-5-7-13(18)15(20)9-11/h4-9H,1-3H2. The lowest BCUT2D eigenvalue weighted by Gasteiger charge is -2.06. The van der Waals surface area contributed by atoms with Gasteiger partial charge in [-0.25, -0.2) is 8.78 Å². The first-order valence-corrected chi connectivity index (χ1v) is 8.14. The van der Waals surface area contributed by atoms with Gasteiger partial charge in [0.2, 0.25) is 0 Å². The quantitative estimate of drug-likeness (QED) is 0.465. The van der Waals surface area contributed by atoms with E-state index in [0.717, 1.165) is 11.6 Å². The van der Waals surface area contributed by atoms with Crippen LogP contribution in [0.1, 0.15) is 18.4 Å². The van der Waals surface area contributed by atoms with E-state index in [1.807, 2.05) is 0 Å². The zero-order valence-electron chi connectivity index (χ0n) is 11.4. The third kappa shape index (κ3) is 4.88. The molecule has 0 radical (unpaired) electrons. The number of rotatable bonds is 5. The van der Waals surface area contributed by atoms with E-state index >= 15 is 0 Å². The molecule has 22 heavy (non-hydrogen) atoms. The van der Waals surface area contributed by atoms with Crippen LogP contribution in [0.4, 0.5) is 8.78 Å². The van der Waals surface area contributed by atoms with Crippen LogP contribution < -0.4 is 4.74 Å². The summed E-state index contributed by atoms with van der Waals surface area (Å²) in [5.41, 5.74) is 0.809. The molecule has 0 atom stereocenters. The molecule has 0 saturated heterocycles. The maximum absolute atomic E-state index is 13.3. The van der Waals surface area contributed by atoms with Gasteiger partial charge < -0.3 is 4.74 Å². The lowest BCUT2D eigenvalue weighted by molar-refractivity contribution is -0.134. The average Bonchev–Trinajstić information content (AvgIpc) is 2.47. The molecule has 2 aromatic rings. The highest BCUT2D eigenvalue weighted by molar-refractivity contribution is 9.10. The van der Waals surface area contributed by atoms with Crippen molar-refractivity contribution in [2.45, 2.75) is 19.3 Å². The van der Waals surface area contributed by atoms with Gasteiger partial charge in [0.1, 0.15) is 17.4 Å². The Kier molecular flexibility index (Phi) is 6.08. The molecule has 0 spiro atoms. The zero-order chi connectivity index (χ0) is 16.1. The third-order valence-electron chi connectivity index (χ3n) is 2.95. The molecule has 0 aromatic heterocycles. The molecular weight excluding hydrogens is 422 g/mol. The molecule has 0 saturated carbocycles. The van der Waals surface area contributed by atoms with E-state index in [0.29, 0.717) is 21.8 Å². The van der Waals surface area contributed by atoms with E-state index in [9.17, 15) is 13.6 Å². The Balaban J connectivity index is 1.82. The predicted octanol–water partition coefficient (Wildman–Crippen LogP) is 5.42. The van der Waals surface area contributed by atoms with Crippen molar-refractivity contribution < 1.29 is 18.3 Å². The van der Waals surface area contributed by atoms with Crippen LogP contribution in [0.2, 0.25) is 0 Å². The highest BCUT2D eigenvalue weighted by Crippen LogP contribution is 2.21. The highest BCUT2D eigenvalue weighted by Gasteiger charge is 2.08. The van der Waals surface area contributed by atoms with Gasteiger partial charge >= 0.3 is 5.97 Å². The first kappa shape index (κ1) is 17.1. The Labute approximate surface area is 143 Å². The maximum Gasteiger partial charge on any atom is 0.311 e. The number of ether oxygens (including phenoxy) is 1. The molecule has 0 bridgehead atoms. The Morgan fingerprint density at radius 3 is 2.27 bits per heavy atom. The lowest BCUT2D eigenvalue weighted by Crippen LogP contribution is -2.08. The summed E-state index contributed by atoms with van der Waals surface area (Å²) in [6, 6.07) is 8.99. The highest BCUT2D eigenvalue weighted by atomic mass is 79.9. The van der Waals surface area contributed by atoms with Crippen LogP contribution in [0.5, 0.6) is 5.75 Å². The van der Waals surface area contributed by atoms with E-state index in [1.165, 1.54) is 18.2 Å². The van der Waals surface area contributed by atoms with Crippen molar-refractivity contribution in [2.24, 2.45) is 0 Å². The van der Waals surface area contributed by atoms with Crippen LogP contribution in [0.15, 0.2) is 45.3 Å². The van der Waals surface area contributed by atoms with Gasteiger partial charge in [0.15, 0.2) is 0 Å². The molecule has 0 heterocycles. The van der Waals surface area contributed by atoms with Gasteiger partial charge in [-0.1, -0.05) is 6.07 Å². The summed E-state index contributed by atoms with van der Waals surface area (Å²) in [5.74, 6) is -1.10. The summed E-state index contributed by atoms with van der Waals surface area (Å²) in [4.78, 5) is 11.7. The molecular formula is C16H12Br2F2O2. The van der Waals surface area contributed by atoms with E-state index in [4.69, 9.17) is 4.74 Å². The first-order chi connectivity index (χ1) is 10.5. The Morgan fingerprint density at radius 2 is 1.64 bits per heavy atom. The normalized spacial score (nSPS) is 10.5. The number of carbonyl (C=O) groups is 1. The average molecular weight is 434 g/mol. The lowest BCUT2D eigenvalue weighted by atomic mass is 10.1. The van der Waals surface area contributed by atoms with E-state index in [-0.39, 0.29) is 18.0 Å². The second kappa shape index (κ2) is 7.83. The third-order valence-corrected chi connectivity index (χ3v) is 4.24. The minimum Gasteiger partial charge on any atom is -0.426 e. The Bertz CT molecular complexity index is 690. The van der Waals surface area contributed by atoms with Crippen LogP contribution in [0, 0.1) is 11.6 Å². The van der Waals surface area contributed by atoms with Crippen molar-refractivity contribution in [1.29, 1.82) is 0 Å². The Morgan fingerprint density at radius 1 is 1.00 bits per heavy atom. The monoisotopic (exact) mass is 432 g/mol. The molecule has 2 rings (SSSR count). The van der Waals surface area contributed by atoms with Crippen LogP contribution in [0.3, 0.4) is 0 Å². The van der Waals surface area contributed by atoms with Crippen molar-refractivity contribution in [3.63, 3.8) is 0 Å². The van der Waals surface area contributed by atoms with Gasteiger partial charge in [-0.2, -0.15) is 0 Å². The number of esters is 1. The Hall–Kier alpha value is -1.27. The van der Waals surface area contributed by atoms with Crippen LogP contribution in [0.25, 0.3) is 0 Å². The molecule has 0 unspecified atom stereocenters. The minimum atomic E-state index is -0.490. The molecule has 0 aliphatic rings. The molecule has 0 aliphatic carbocycles. The SMILES string of the molecule is O=C(CCCc1ccc(Br)c(F)c1)Oc1ccc(Br)c(F)c1. The fourth-order valence-electron chi connectivity index (χ4n) is 1.85. The zero-order valence-corrected chi connectivity index (χ0v) is 14.6. The predicted molar refractivity (Wildman–Crippen MR) is 86.8 cm³/mol. The topological polar surface area (TPSA) is 26.3 Å². The van der Waals surface area contributed by atoms with E-state index in [2.05, 4.69) is 31.9 Å². The van der Waals surface area contributed by atoms with Crippen LogP contribution in [-0.4, -0.2) is 5.97 Å². The molecule has 116 valence electrons. The first-order valence-electron chi connectivity index (χ1n) is 6.55. The number of halogens is 4. The molecule has 2 aromatic carbocycles. The van der Waals surface area contributed by atoms with Crippen molar-refractivity contribution >= 4 is 37.8 Å². The van der Waals surface area contributed by atoms with Gasteiger partial charge in [-0.15, -0.1) is 0 Å². The largest absolute Gasteiger partial charge is 0.426 e. The smallest absolute Gasteiger partial charge is 0.311 e. The van der Waals surface area contributed by atoms with Gasteiger partial charge in [0, 0.05) is 12.5 Å². The second-order valence-electron chi connectivity index (χ2n) is 4.65. The molecule has 2 nitrogen and oxygen atoms in total. The summed E-state index contributed by atoms with van der Waals surface area (Å²) >= 11 is 6.11. The van der Waals surface area contributed by atoms with Crippen LogP contribution in [-0.2, 0) is 11.2 Å². The van der Waals surface area contributed by atoms with Gasteiger partial charge in [0.05, 0.1) is 8.95 Å². The summed E-state index contributed by atoms with van der Waals surface area (Å²) in [5, 5.41) is 0. The van der Waals surface area contributed by atoms with E-state index in [1.54, 1.807) is 12.1 Å². The number of hydrogen-bond donors (Lipinski definition) is 0. The maximum atomic E-state index is 13.3. The van der Waals surface area contributed by atoms with Crippen molar-refractivity contribution in [3.05, 3.63) is 62.5 Å². The molecule has 0 amide bonds. The fraction of sp³-hybridized carbons (Fsp3) is 0.188. The number of aryl methyl sites for hydroxylation is 1. The molecule has 0 N–H and O–H groups in total. The van der Waals surface area contributed by atoms with Crippen molar-refractivity contribution in [1.82, 2.24) is 0 Å². The van der Waals surface area contributed by atoms with Crippen molar-refractivity contribution in [3.8, 4) is 5.75 Å². The second-order valence-corrected chi connectivity index (χ2v) is 6.36. The summed E-state index contributed by atoms with van der Waals surface area (Å²) in [6.45, 7) is 0. The summed E-state index contributed by atoms with van der Waals surface area (Å²) in [6.07, 6.45) is 1.27. The number of carbonyl (C=O) groups excluding carboxylic acids is 1. The molecule has 0 aliphatic heterocycles. The van der Waals surface area contributed by atoms with Gasteiger partial charge in [-0.3, -0.25) is 4.79 Å². The minimum absolute atomic E-state index is 0.167. The van der Waals surface area contributed by atoms with Gasteiger partial charge in [0.25, 0.3) is 0 Å². The fourth-order valence-corrected chi connectivity index (χ4v) is 2.35. The van der Waals surface area contributed by atoms with Crippen molar-refractivity contribution in [2.75, 3.05) is 0 Å². The van der Waals surface area contributed by atoms with Crippen LogP contribution >= 0.6 is 31.9 Å². The molecule has 0 fully saturated rings. The summed E-state index contributed by atoms with van der Waals surface area (Å²) in [7, 11) is 0. The number of hydrogen-bond acceptors (Lipinski definition) is 2. The number of benzene rings is 2. The summed E-state index contributed by atoms with van der Waals surface area (Å²) < 4.78 is 32.4. The van der Waals surface area contributed by atoms with Gasteiger partial charge in [-0.05, 0) is 74.5 Å². The van der Waals surface area contributed by atoms with E-state index < -0.39 is 11.8 Å². The molecule has 6 heteroatoms.